The van der Waals surface area contributed by atoms with E-state index >= 15 is 0 Å². The van der Waals surface area contributed by atoms with Gasteiger partial charge in [0.25, 0.3) is 11.6 Å². The van der Waals surface area contributed by atoms with Gasteiger partial charge in [0.2, 0.25) is 0 Å². The van der Waals surface area contributed by atoms with E-state index in [9.17, 15) is 14.9 Å². The Labute approximate surface area is 179 Å². The van der Waals surface area contributed by atoms with Gasteiger partial charge in [-0.3, -0.25) is 20.2 Å². The largest absolute Gasteiger partial charge is 0.497 e. The van der Waals surface area contributed by atoms with E-state index in [0.717, 1.165) is 21.8 Å². The smallest absolute Gasteiger partial charge is 0.269 e. The van der Waals surface area contributed by atoms with Crippen LogP contribution in [0, 0.1) is 10.1 Å². The number of amides is 1. The summed E-state index contributed by atoms with van der Waals surface area (Å²) in [5.41, 5.74) is 2.27. The molecule has 2 heterocycles. The molecule has 0 bridgehead atoms. The lowest BCUT2D eigenvalue weighted by Gasteiger charge is -2.04. The highest BCUT2D eigenvalue weighted by molar-refractivity contribution is 7.19. The fraction of sp³-hybridized carbons (Fsp3) is 0.0476. The number of thiophene rings is 1. The van der Waals surface area contributed by atoms with E-state index in [4.69, 9.17) is 4.74 Å². The van der Waals surface area contributed by atoms with Gasteiger partial charge in [0.15, 0.2) is 5.13 Å². The van der Waals surface area contributed by atoms with E-state index in [1.54, 1.807) is 25.3 Å². The summed E-state index contributed by atoms with van der Waals surface area (Å²) < 4.78 is 5.22. The van der Waals surface area contributed by atoms with Crippen molar-refractivity contribution >= 4 is 39.4 Å². The first-order chi connectivity index (χ1) is 14.5. The third kappa shape index (κ3) is 4.07. The number of thiazole rings is 1. The van der Waals surface area contributed by atoms with Crippen LogP contribution in [0.1, 0.15) is 9.67 Å². The molecule has 1 amide bonds. The van der Waals surface area contributed by atoms with E-state index < -0.39 is 4.92 Å². The van der Waals surface area contributed by atoms with Crippen LogP contribution in [0.3, 0.4) is 0 Å². The highest BCUT2D eigenvalue weighted by Crippen LogP contribution is 2.40. The Morgan fingerprint density at radius 2 is 1.77 bits per heavy atom. The molecule has 150 valence electrons. The topological polar surface area (TPSA) is 94.4 Å². The molecule has 0 saturated heterocycles. The quantitative estimate of drug-likeness (QED) is 0.308. The number of nitrogens with one attached hydrogen (secondary N) is 1. The van der Waals surface area contributed by atoms with Crippen LogP contribution >= 0.6 is 22.7 Å². The van der Waals surface area contributed by atoms with Crippen molar-refractivity contribution < 1.29 is 14.5 Å². The number of nitrogens with zero attached hydrogens (tertiary/aromatic N) is 2. The van der Waals surface area contributed by atoms with Crippen LogP contribution < -0.4 is 10.1 Å². The maximum absolute atomic E-state index is 12.4. The number of hydrogen-bond donors (Lipinski definition) is 1. The minimum atomic E-state index is -0.443. The molecule has 7 nitrogen and oxygen atoms in total. The molecule has 1 N–H and O–H groups in total. The molecule has 4 aromatic rings. The Morgan fingerprint density at radius 1 is 1.07 bits per heavy atom. The number of nitro groups is 1. The Balaban J connectivity index is 1.74. The number of rotatable bonds is 6. The number of aromatic nitrogens is 1. The summed E-state index contributed by atoms with van der Waals surface area (Å²) in [5.74, 6) is 0.502. The molecule has 0 aliphatic carbocycles. The monoisotopic (exact) mass is 437 g/mol. The van der Waals surface area contributed by atoms with E-state index in [0.29, 0.717) is 15.7 Å². The molecule has 0 unspecified atom stereocenters. The summed E-state index contributed by atoms with van der Waals surface area (Å²) in [6, 6.07) is 17.3. The van der Waals surface area contributed by atoms with Gasteiger partial charge < -0.3 is 4.74 Å². The molecule has 0 aliphatic rings. The molecule has 2 aromatic carbocycles. The molecule has 30 heavy (non-hydrogen) atoms. The van der Waals surface area contributed by atoms with E-state index in [2.05, 4.69) is 10.3 Å². The average Bonchev–Trinajstić information content (AvgIpc) is 3.44. The normalized spacial score (nSPS) is 10.6. The number of non-ortho nitro benzene ring substituents is 1. The highest BCUT2D eigenvalue weighted by Gasteiger charge is 2.18. The third-order valence-corrected chi connectivity index (χ3v) is 6.18. The number of nitro benzene ring substituents is 1. The van der Waals surface area contributed by atoms with Crippen LogP contribution in [0.25, 0.3) is 21.7 Å². The molecule has 0 spiro atoms. The second-order valence-corrected chi connectivity index (χ2v) is 8.11. The van der Waals surface area contributed by atoms with Crippen LogP contribution in [0.2, 0.25) is 0 Å². The fourth-order valence-electron chi connectivity index (χ4n) is 2.81. The Kier molecular flexibility index (Phi) is 5.55. The predicted octanol–water partition coefficient (Wildman–Crippen LogP) is 5.71. The standard InChI is InChI=1S/C21H15N3O4S2/c1-28-16-10-6-14(7-11-16)19-18(13-4-8-15(9-5-13)24(26)27)22-21(30-19)23-20(25)17-3-2-12-29-17/h2-12H,1H3,(H,22,23,25). The van der Waals surface area contributed by atoms with Crippen LogP contribution in [-0.4, -0.2) is 22.9 Å². The summed E-state index contributed by atoms with van der Waals surface area (Å²) in [7, 11) is 1.60. The van der Waals surface area contributed by atoms with Crippen molar-refractivity contribution in [2.24, 2.45) is 0 Å². The number of hydrogen-bond acceptors (Lipinski definition) is 7. The van der Waals surface area contributed by atoms with Crippen LogP contribution in [0.5, 0.6) is 5.75 Å². The lowest BCUT2D eigenvalue weighted by molar-refractivity contribution is -0.384. The van der Waals surface area contributed by atoms with Gasteiger partial charge in [-0.2, -0.15) is 0 Å². The first-order valence-electron chi connectivity index (χ1n) is 8.80. The van der Waals surface area contributed by atoms with E-state index in [1.807, 2.05) is 35.7 Å². The second kappa shape index (κ2) is 8.44. The van der Waals surface area contributed by atoms with Crippen molar-refractivity contribution in [1.29, 1.82) is 0 Å². The van der Waals surface area contributed by atoms with Gasteiger partial charge in [-0.15, -0.1) is 11.3 Å². The predicted molar refractivity (Wildman–Crippen MR) is 118 cm³/mol. The van der Waals surface area contributed by atoms with Crippen molar-refractivity contribution in [3.63, 3.8) is 0 Å². The SMILES string of the molecule is COc1ccc(-c2sc(NC(=O)c3cccs3)nc2-c2ccc([N+](=O)[O-])cc2)cc1. The lowest BCUT2D eigenvalue weighted by atomic mass is 10.1. The van der Waals surface area contributed by atoms with Gasteiger partial charge in [0, 0.05) is 17.7 Å². The number of ether oxygens (including phenoxy) is 1. The number of carbonyl (C=O) groups excluding carboxylic acids is 1. The van der Waals surface area contributed by atoms with Gasteiger partial charge in [-0.1, -0.05) is 17.4 Å². The number of anilines is 1. The number of benzene rings is 2. The van der Waals surface area contributed by atoms with Gasteiger partial charge in [-0.25, -0.2) is 4.98 Å². The highest BCUT2D eigenvalue weighted by atomic mass is 32.1. The summed E-state index contributed by atoms with van der Waals surface area (Å²) in [6.45, 7) is 0. The zero-order chi connectivity index (χ0) is 21.1. The Morgan fingerprint density at radius 3 is 2.37 bits per heavy atom. The lowest BCUT2D eigenvalue weighted by Crippen LogP contribution is -2.09. The third-order valence-electron chi connectivity index (χ3n) is 4.30. The molecule has 4 rings (SSSR count). The number of methoxy groups -OCH3 is 1. The molecule has 0 atom stereocenters. The summed E-state index contributed by atoms with van der Waals surface area (Å²) in [5, 5.41) is 16.1. The Bertz CT molecular complexity index is 1180. The van der Waals surface area contributed by atoms with Crippen molar-refractivity contribution in [2.75, 3.05) is 12.4 Å². The van der Waals surface area contributed by atoms with Gasteiger partial charge >= 0.3 is 0 Å². The molecule has 0 aliphatic heterocycles. The molecule has 9 heteroatoms. The minimum Gasteiger partial charge on any atom is -0.497 e. The summed E-state index contributed by atoms with van der Waals surface area (Å²) >= 11 is 2.69. The average molecular weight is 438 g/mol. The minimum absolute atomic E-state index is 0.00574. The molecule has 0 fully saturated rings. The Hall–Kier alpha value is -3.56. The molecule has 0 saturated carbocycles. The van der Waals surface area contributed by atoms with Crippen molar-refractivity contribution in [3.8, 4) is 27.4 Å². The van der Waals surface area contributed by atoms with Gasteiger partial charge in [0.1, 0.15) is 5.75 Å². The molecule has 0 radical (unpaired) electrons. The maximum Gasteiger partial charge on any atom is 0.269 e. The summed E-state index contributed by atoms with van der Waals surface area (Å²) in [6.07, 6.45) is 0. The first kappa shape index (κ1) is 19.7. The number of carbonyl (C=O) groups is 1. The molecular weight excluding hydrogens is 422 g/mol. The second-order valence-electron chi connectivity index (χ2n) is 6.16. The van der Waals surface area contributed by atoms with Crippen LogP contribution in [0.15, 0.2) is 66.0 Å². The van der Waals surface area contributed by atoms with E-state index in [-0.39, 0.29) is 11.6 Å². The fourth-order valence-corrected chi connectivity index (χ4v) is 4.42. The molecule has 2 aromatic heterocycles. The van der Waals surface area contributed by atoms with Crippen LogP contribution in [0.4, 0.5) is 10.8 Å². The van der Waals surface area contributed by atoms with Crippen molar-refractivity contribution in [3.05, 3.63) is 81.0 Å². The first-order valence-corrected chi connectivity index (χ1v) is 10.5. The zero-order valence-electron chi connectivity index (χ0n) is 15.7. The molecular formula is C21H15N3O4S2. The summed E-state index contributed by atoms with van der Waals surface area (Å²) in [4.78, 5) is 29.0. The van der Waals surface area contributed by atoms with Crippen LogP contribution in [-0.2, 0) is 0 Å². The van der Waals surface area contributed by atoms with E-state index in [1.165, 1.54) is 34.8 Å². The van der Waals surface area contributed by atoms with Crippen molar-refractivity contribution in [2.45, 2.75) is 0 Å². The maximum atomic E-state index is 12.4. The van der Waals surface area contributed by atoms with Gasteiger partial charge in [-0.05, 0) is 53.4 Å². The zero-order valence-corrected chi connectivity index (χ0v) is 17.3. The van der Waals surface area contributed by atoms with Gasteiger partial charge in [0.05, 0.1) is 27.5 Å². The van der Waals surface area contributed by atoms with Crippen molar-refractivity contribution in [1.82, 2.24) is 4.98 Å².